The molecule has 0 fully saturated rings. The van der Waals surface area contributed by atoms with E-state index in [2.05, 4.69) is 239 Å². The number of halogens is 1. The zero-order valence-electron chi connectivity index (χ0n) is 32.1. The van der Waals surface area contributed by atoms with Crippen molar-refractivity contribution in [3.05, 3.63) is 167 Å². The molecule has 6 rings (SSSR count). The molecular weight excluding hydrogens is 698 g/mol. The van der Waals surface area contributed by atoms with E-state index in [9.17, 15) is 0 Å². The molecule has 0 atom stereocenters. The van der Waals surface area contributed by atoms with Crippen LogP contribution in [-0.2, 0) is 16.2 Å². The molecule has 0 saturated heterocycles. The van der Waals surface area contributed by atoms with Crippen LogP contribution in [0.25, 0.3) is 0 Å². The monoisotopic (exact) mass is 749 g/mol. The third-order valence-corrected chi connectivity index (χ3v) is 10.4. The van der Waals surface area contributed by atoms with Crippen molar-refractivity contribution in [2.24, 2.45) is 0 Å². The molecule has 4 heteroatoms. The quantitative estimate of drug-likeness (QED) is 0.167. The van der Waals surface area contributed by atoms with Crippen molar-refractivity contribution in [3.8, 4) is 0 Å². The molecule has 1 N–H and O–H groups in total. The molecule has 0 spiro atoms. The third kappa shape index (κ3) is 8.29. The Morgan fingerprint density at radius 1 is 0.404 bits per heavy atom. The maximum atomic E-state index is 4.13. The zero-order chi connectivity index (χ0) is 37.3. The molecular formula is C48H52BrN3. The van der Waals surface area contributed by atoms with Crippen LogP contribution in [0.2, 0.25) is 0 Å². The van der Waals surface area contributed by atoms with Crippen molar-refractivity contribution in [2.75, 3.05) is 15.1 Å². The Balaban J connectivity index is 1.48. The maximum Gasteiger partial charge on any atom is 0.0651 e. The van der Waals surface area contributed by atoms with E-state index in [1.54, 1.807) is 0 Å². The summed E-state index contributed by atoms with van der Waals surface area (Å²) >= 11 is 4.13. The summed E-state index contributed by atoms with van der Waals surface area (Å²) in [5, 5.41) is 3.84. The van der Waals surface area contributed by atoms with Gasteiger partial charge in [0.1, 0.15) is 0 Å². The number of benzene rings is 6. The van der Waals surface area contributed by atoms with Gasteiger partial charge in [-0.1, -0.05) is 129 Å². The van der Waals surface area contributed by atoms with Crippen LogP contribution in [0.15, 0.2) is 150 Å². The fourth-order valence-corrected chi connectivity index (χ4v) is 6.93. The van der Waals surface area contributed by atoms with E-state index in [-0.39, 0.29) is 16.2 Å². The summed E-state index contributed by atoms with van der Waals surface area (Å²) in [6.45, 7) is 20.4. The second kappa shape index (κ2) is 14.7. The molecule has 0 radical (unpaired) electrons. The first-order valence-electron chi connectivity index (χ1n) is 18.2. The standard InChI is InChI=1S/C48H52BrN3/c1-46(2,3)34-23-27-40(28-24-34)52(41-29-25-35(26-30-41)47(4,5)6)44-32-36(48(7,8)9)31-43(45(44)49)50-37-17-16-22-42(33-37)51(38-18-12-10-13-19-38)39-20-14-11-15-21-39/h10-33,50H,1-9H3. The molecule has 0 bridgehead atoms. The highest BCUT2D eigenvalue weighted by atomic mass is 79.9. The SMILES string of the molecule is CC(C)(C)c1ccc(N(c2ccc(C(C)(C)C)cc2)c2cc(C(C)(C)C)cc(Nc3cccc(N(c4ccccc4)c4ccccc4)c3)c2Br)cc1. The van der Waals surface area contributed by atoms with E-state index >= 15 is 0 Å². The first kappa shape index (κ1) is 37.0. The summed E-state index contributed by atoms with van der Waals surface area (Å²) in [6.07, 6.45) is 0. The summed E-state index contributed by atoms with van der Waals surface area (Å²) in [6, 6.07) is 52.5. The topological polar surface area (TPSA) is 18.5 Å². The van der Waals surface area contributed by atoms with E-state index in [1.165, 1.54) is 16.7 Å². The molecule has 6 aromatic carbocycles. The van der Waals surface area contributed by atoms with Gasteiger partial charge in [-0.3, -0.25) is 0 Å². The number of hydrogen-bond donors (Lipinski definition) is 1. The van der Waals surface area contributed by atoms with Gasteiger partial charge in [-0.2, -0.15) is 0 Å². The van der Waals surface area contributed by atoms with Gasteiger partial charge < -0.3 is 15.1 Å². The highest BCUT2D eigenvalue weighted by Gasteiger charge is 2.25. The third-order valence-electron chi connectivity index (χ3n) is 9.56. The van der Waals surface area contributed by atoms with Gasteiger partial charge in [-0.25, -0.2) is 0 Å². The predicted molar refractivity (Wildman–Crippen MR) is 229 cm³/mol. The molecule has 52 heavy (non-hydrogen) atoms. The minimum Gasteiger partial charge on any atom is -0.354 e. The fraction of sp³-hybridized carbons (Fsp3) is 0.250. The van der Waals surface area contributed by atoms with Crippen molar-refractivity contribution >= 4 is 61.4 Å². The zero-order valence-corrected chi connectivity index (χ0v) is 33.7. The Labute approximate surface area is 320 Å². The van der Waals surface area contributed by atoms with Crippen molar-refractivity contribution in [1.29, 1.82) is 0 Å². The van der Waals surface area contributed by atoms with Gasteiger partial charge in [-0.15, -0.1) is 0 Å². The second-order valence-corrected chi connectivity index (χ2v) is 17.5. The number of para-hydroxylation sites is 2. The van der Waals surface area contributed by atoms with Gasteiger partial charge in [0, 0.05) is 34.1 Å². The first-order valence-corrected chi connectivity index (χ1v) is 19.0. The summed E-state index contributed by atoms with van der Waals surface area (Å²) < 4.78 is 0.994. The molecule has 0 aliphatic carbocycles. The highest BCUT2D eigenvalue weighted by Crippen LogP contribution is 2.46. The van der Waals surface area contributed by atoms with Gasteiger partial charge in [0.15, 0.2) is 0 Å². The largest absolute Gasteiger partial charge is 0.354 e. The molecule has 0 saturated carbocycles. The van der Waals surface area contributed by atoms with E-state index in [1.807, 2.05) is 0 Å². The van der Waals surface area contributed by atoms with Crippen LogP contribution in [-0.4, -0.2) is 0 Å². The molecule has 0 amide bonds. The summed E-state index contributed by atoms with van der Waals surface area (Å²) in [5.41, 5.74) is 12.5. The van der Waals surface area contributed by atoms with Crippen LogP contribution < -0.4 is 15.1 Å². The summed E-state index contributed by atoms with van der Waals surface area (Å²) in [4.78, 5) is 4.67. The number of anilines is 8. The van der Waals surface area contributed by atoms with Crippen LogP contribution in [0, 0.1) is 0 Å². The lowest BCUT2D eigenvalue weighted by Gasteiger charge is -2.31. The molecule has 0 aliphatic heterocycles. The second-order valence-electron chi connectivity index (χ2n) is 16.7. The lowest BCUT2D eigenvalue weighted by molar-refractivity contribution is 0.589. The minimum atomic E-state index is -0.0942. The van der Waals surface area contributed by atoms with Crippen LogP contribution in [0.3, 0.4) is 0 Å². The molecule has 0 aromatic heterocycles. The molecule has 6 aromatic rings. The highest BCUT2D eigenvalue weighted by molar-refractivity contribution is 9.10. The average Bonchev–Trinajstić information content (AvgIpc) is 3.10. The molecule has 266 valence electrons. The molecule has 0 aliphatic rings. The molecule has 0 heterocycles. The maximum absolute atomic E-state index is 4.13. The van der Waals surface area contributed by atoms with Crippen LogP contribution in [0.4, 0.5) is 45.5 Å². The minimum absolute atomic E-state index is 0.0622. The summed E-state index contributed by atoms with van der Waals surface area (Å²) in [5.74, 6) is 0. The van der Waals surface area contributed by atoms with E-state index in [0.717, 1.165) is 50.0 Å². The Morgan fingerprint density at radius 3 is 1.27 bits per heavy atom. The Morgan fingerprint density at radius 2 is 0.827 bits per heavy atom. The Kier molecular flexibility index (Phi) is 10.4. The van der Waals surface area contributed by atoms with Crippen molar-refractivity contribution in [1.82, 2.24) is 0 Å². The van der Waals surface area contributed by atoms with Gasteiger partial charge in [0.2, 0.25) is 0 Å². The average molecular weight is 751 g/mol. The fourth-order valence-electron chi connectivity index (χ4n) is 6.42. The van der Waals surface area contributed by atoms with Gasteiger partial charge in [0.25, 0.3) is 0 Å². The Bertz CT molecular complexity index is 2000. The van der Waals surface area contributed by atoms with E-state index in [4.69, 9.17) is 0 Å². The molecule has 3 nitrogen and oxygen atoms in total. The number of nitrogens with zero attached hydrogens (tertiary/aromatic N) is 2. The van der Waals surface area contributed by atoms with Crippen molar-refractivity contribution < 1.29 is 0 Å². The predicted octanol–water partition coefficient (Wildman–Crippen LogP) is 15.0. The van der Waals surface area contributed by atoms with Crippen LogP contribution in [0.5, 0.6) is 0 Å². The number of nitrogens with one attached hydrogen (secondary N) is 1. The lowest BCUT2D eigenvalue weighted by Crippen LogP contribution is -2.17. The van der Waals surface area contributed by atoms with Crippen LogP contribution >= 0.6 is 15.9 Å². The summed E-state index contributed by atoms with van der Waals surface area (Å²) in [7, 11) is 0. The van der Waals surface area contributed by atoms with E-state index in [0.29, 0.717) is 0 Å². The lowest BCUT2D eigenvalue weighted by atomic mass is 9.85. The smallest absolute Gasteiger partial charge is 0.0651 e. The normalized spacial score (nSPS) is 12.0. The van der Waals surface area contributed by atoms with Gasteiger partial charge in [0.05, 0.1) is 15.8 Å². The Hall–Kier alpha value is -4.80. The molecule has 0 unspecified atom stereocenters. The van der Waals surface area contributed by atoms with Gasteiger partial charge >= 0.3 is 0 Å². The van der Waals surface area contributed by atoms with E-state index < -0.39 is 0 Å². The first-order chi connectivity index (χ1) is 24.6. The number of rotatable bonds is 8. The number of hydrogen-bond acceptors (Lipinski definition) is 3. The van der Waals surface area contributed by atoms with Gasteiger partial charge in [-0.05, 0) is 128 Å². The van der Waals surface area contributed by atoms with Crippen molar-refractivity contribution in [2.45, 2.75) is 78.6 Å². The van der Waals surface area contributed by atoms with Crippen LogP contribution in [0.1, 0.15) is 79.0 Å². The van der Waals surface area contributed by atoms with Crippen molar-refractivity contribution in [3.63, 3.8) is 0 Å².